The fourth-order valence-corrected chi connectivity index (χ4v) is 6.10. The van der Waals surface area contributed by atoms with Crippen molar-refractivity contribution in [3.8, 4) is 45.4 Å². The molecule has 0 aliphatic rings. The van der Waals surface area contributed by atoms with Gasteiger partial charge in [0.25, 0.3) is 5.91 Å². The van der Waals surface area contributed by atoms with Gasteiger partial charge in [0.15, 0.2) is 0 Å². The lowest BCUT2D eigenvalue weighted by Gasteiger charge is -2.17. The third kappa shape index (κ3) is 10.0. The number of methoxy groups -OCH3 is 2. The summed E-state index contributed by atoms with van der Waals surface area (Å²) in [4.78, 5) is 17.7. The van der Waals surface area contributed by atoms with Gasteiger partial charge in [-0.15, -0.1) is 0 Å². The van der Waals surface area contributed by atoms with E-state index in [-0.39, 0.29) is 35.9 Å². The van der Waals surface area contributed by atoms with E-state index >= 15 is 0 Å². The second kappa shape index (κ2) is 17.2. The van der Waals surface area contributed by atoms with Crippen LogP contribution in [0, 0.1) is 0 Å². The lowest BCUT2D eigenvalue weighted by molar-refractivity contribution is -0.143. The van der Waals surface area contributed by atoms with Crippen LogP contribution in [0.25, 0.3) is 33.9 Å². The largest absolute Gasteiger partial charge is 0.497 e. The molecule has 0 fully saturated rings. The number of imidazole rings is 1. The minimum Gasteiger partial charge on any atom is -0.497 e. The first kappa shape index (κ1) is 39.9. The quantitative estimate of drug-likeness (QED) is 0.0821. The van der Waals surface area contributed by atoms with E-state index in [1.807, 2.05) is 6.92 Å². The van der Waals surface area contributed by atoms with Gasteiger partial charge in [-0.05, 0) is 104 Å². The summed E-state index contributed by atoms with van der Waals surface area (Å²) in [5, 5.41) is 2.92. The zero-order chi connectivity index (χ0) is 39.0. The Morgan fingerprint density at radius 1 is 0.741 bits per heavy atom. The van der Waals surface area contributed by atoms with Crippen LogP contribution in [0.2, 0.25) is 0 Å². The van der Waals surface area contributed by atoms with Crippen molar-refractivity contribution in [1.82, 2.24) is 14.9 Å². The maximum absolute atomic E-state index is 14.1. The highest BCUT2D eigenvalue weighted by molar-refractivity contribution is 5.94. The van der Waals surface area contributed by atoms with Gasteiger partial charge >= 0.3 is 12.4 Å². The van der Waals surface area contributed by atoms with E-state index in [1.54, 1.807) is 77.4 Å². The molecule has 1 atom stereocenters. The average Bonchev–Trinajstić information content (AvgIpc) is 3.52. The summed E-state index contributed by atoms with van der Waals surface area (Å²) >= 11 is 0. The smallest absolute Gasteiger partial charge is 0.416 e. The number of amides is 1. The van der Waals surface area contributed by atoms with Crippen molar-refractivity contribution in [2.75, 3.05) is 20.8 Å². The van der Waals surface area contributed by atoms with E-state index < -0.39 is 23.5 Å². The standard InChI is InChI=1S/C41H42F6N4O3/c1-26(48)8-6-4-5-7-21-49-39(52)30-11-9-27(10-12-30)25-51-37(29-15-19-35(54-3)20-16-29)36(28-13-17-34(53-2)18-14-28)50-38(51)31-22-32(40(42,43)44)24-33(23-31)41(45,46)47/h9-20,22-24,26H,4-8,21,25,48H2,1-3H3,(H,49,52). The number of alkyl halides is 6. The molecule has 0 saturated heterocycles. The van der Waals surface area contributed by atoms with Crippen LogP contribution in [-0.4, -0.2) is 42.3 Å². The van der Waals surface area contributed by atoms with Crippen molar-refractivity contribution in [2.45, 2.75) is 64.0 Å². The van der Waals surface area contributed by atoms with E-state index in [1.165, 1.54) is 14.2 Å². The Bertz CT molecular complexity index is 1970. The Morgan fingerprint density at radius 3 is 1.80 bits per heavy atom. The van der Waals surface area contributed by atoms with Crippen molar-refractivity contribution >= 4 is 5.91 Å². The van der Waals surface area contributed by atoms with E-state index in [0.29, 0.717) is 63.8 Å². The summed E-state index contributed by atoms with van der Waals surface area (Å²) in [6.45, 7) is 2.47. The molecule has 1 unspecified atom stereocenters. The van der Waals surface area contributed by atoms with Crippen molar-refractivity contribution in [3.63, 3.8) is 0 Å². The van der Waals surface area contributed by atoms with Gasteiger partial charge in [-0.1, -0.05) is 31.4 Å². The molecule has 1 heterocycles. The number of hydrogen-bond donors (Lipinski definition) is 2. The van der Waals surface area contributed by atoms with Gasteiger partial charge in [0.05, 0.1) is 36.7 Å². The number of benzene rings is 4. The third-order valence-electron chi connectivity index (χ3n) is 8.97. The number of nitrogens with two attached hydrogens (primary N) is 1. The Kier molecular flexibility index (Phi) is 12.7. The fourth-order valence-electron chi connectivity index (χ4n) is 6.10. The normalized spacial score (nSPS) is 12.4. The van der Waals surface area contributed by atoms with Gasteiger partial charge in [0.1, 0.15) is 17.3 Å². The minimum absolute atomic E-state index is 0.0131. The van der Waals surface area contributed by atoms with Crippen LogP contribution in [-0.2, 0) is 18.9 Å². The molecule has 54 heavy (non-hydrogen) atoms. The molecule has 0 saturated carbocycles. The summed E-state index contributed by atoms with van der Waals surface area (Å²) in [6, 6.07) is 21.9. The Balaban J connectivity index is 1.59. The number of nitrogens with one attached hydrogen (secondary N) is 1. The predicted molar refractivity (Wildman–Crippen MR) is 196 cm³/mol. The van der Waals surface area contributed by atoms with Crippen molar-refractivity contribution < 1.29 is 40.6 Å². The lowest BCUT2D eigenvalue weighted by atomic mass is 10.0. The first-order valence-corrected chi connectivity index (χ1v) is 17.5. The molecule has 0 aliphatic heterocycles. The van der Waals surface area contributed by atoms with Crippen LogP contribution >= 0.6 is 0 Å². The summed E-state index contributed by atoms with van der Waals surface area (Å²) in [6.07, 6.45) is -5.33. The van der Waals surface area contributed by atoms with Gasteiger partial charge in [-0.2, -0.15) is 26.3 Å². The highest BCUT2D eigenvalue weighted by Crippen LogP contribution is 2.42. The number of unbranched alkanes of at least 4 members (excludes halogenated alkanes) is 3. The third-order valence-corrected chi connectivity index (χ3v) is 8.97. The highest BCUT2D eigenvalue weighted by Gasteiger charge is 2.38. The van der Waals surface area contributed by atoms with Crippen LogP contribution in [0.5, 0.6) is 11.5 Å². The molecule has 4 aromatic carbocycles. The molecule has 0 spiro atoms. The highest BCUT2D eigenvalue weighted by atomic mass is 19.4. The van der Waals surface area contributed by atoms with Crippen LogP contribution in [0.1, 0.15) is 66.1 Å². The summed E-state index contributed by atoms with van der Waals surface area (Å²) < 4.78 is 96.7. The summed E-state index contributed by atoms with van der Waals surface area (Å²) in [7, 11) is 3.00. The van der Waals surface area contributed by atoms with Crippen LogP contribution in [0.3, 0.4) is 0 Å². The lowest BCUT2D eigenvalue weighted by Crippen LogP contribution is -2.24. The molecule has 3 N–H and O–H groups in total. The molecular weight excluding hydrogens is 710 g/mol. The van der Waals surface area contributed by atoms with E-state index in [9.17, 15) is 31.1 Å². The maximum Gasteiger partial charge on any atom is 0.416 e. The topological polar surface area (TPSA) is 91.4 Å². The van der Waals surface area contributed by atoms with Gasteiger partial charge < -0.3 is 25.1 Å². The number of carbonyl (C=O) groups excluding carboxylic acids is 1. The molecule has 5 aromatic rings. The number of ether oxygens (including phenoxy) is 2. The molecule has 5 rings (SSSR count). The monoisotopic (exact) mass is 752 g/mol. The Morgan fingerprint density at radius 2 is 1.28 bits per heavy atom. The van der Waals surface area contributed by atoms with Gasteiger partial charge in [-0.3, -0.25) is 4.79 Å². The maximum atomic E-state index is 14.1. The fraction of sp³-hybridized carbons (Fsp3) is 0.317. The average molecular weight is 753 g/mol. The summed E-state index contributed by atoms with van der Waals surface area (Å²) in [5.41, 5.74) is 5.42. The predicted octanol–water partition coefficient (Wildman–Crippen LogP) is 10.0. The zero-order valence-electron chi connectivity index (χ0n) is 30.2. The van der Waals surface area contributed by atoms with Crippen molar-refractivity contribution in [1.29, 1.82) is 0 Å². The van der Waals surface area contributed by atoms with Gasteiger partial charge in [0.2, 0.25) is 0 Å². The number of hydrogen-bond acceptors (Lipinski definition) is 5. The first-order valence-electron chi connectivity index (χ1n) is 17.5. The number of nitrogens with zero attached hydrogens (tertiary/aromatic N) is 2. The molecule has 0 bridgehead atoms. The summed E-state index contributed by atoms with van der Waals surface area (Å²) in [5.74, 6) is 0.702. The second-order valence-corrected chi connectivity index (χ2v) is 13.1. The molecule has 1 amide bonds. The number of aromatic nitrogens is 2. The number of carbonyl (C=O) groups is 1. The Labute approximate surface area is 310 Å². The molecule has 7 nitrogen and oxygen atoms in total. The molecular formula is C41H42F6N4O3. The van der Waals surface area contributed by atoms with Gasteiger partial charge in [0, 0.05) is 41.4 Å². The van der Waals surface area contributed by atoms with Crippen LogP contribution < -0.4 is 20.5 Å². The van der Waals surface area contributed by atoms with E-state index in [0.717, 1.165) is 32.1 Å². The Hall–Kier alpha value is -5.30. The zero-order valence-corrected chi connectivity index (χ0v) is 30.2. The first-order chi connectivity index (χ1) is 25.7. The minimum atomic E-state index is -5.06. The van der Waals surface area contributed by atoms with E-state index in [4.69, 9.17) is 20.2 Å². The molecule has 13 heteroatoms. The van der Waals surface area contributed by atoms with Crippen LogP contribution in [0.4, 0.5) is 26.3 Å². The number of rotatable bonds is 15. The van der Waals surface area contributed by atoms with E-state index in [2.05, 4.69) is 5.32 Å². The molecule has 286 valence electrons. The number of halogens is 6. The van der Waals surface area contributed by atoms with Crippen LogP contribution in [0.15, 0.2) is 91.0 Å². The molecule has 0 radical (unpaired) electrons. The molecule has 1 aromatic heterocycles. The van der Waals surface area contributed by atoms with Crippen molar-refractivity contribution in [2.24, 2.45) is 5.73 Å². The molecule has 0 aliphatic carbocycles. The SMILES string of the molecule is COc1ccc(-c2nc(-c3cc(C(F)(F)F)cc(C(F)(F)F)c3)n(Cc3ccc(C(=O)NCCCCCCC(C)N)cc3)c2-c2ccc(OC)cc2)cc1. The van der Waals surface area contributed by atoms with Gasteiger partial charge in [-0.25, -0.2) is 4.98 Å². The second-order valence-electron chi connectivity index (χ2n) is 13.1. The van der Waals surface area contributed by atoms with Crippen molar-refractivity contribution in [3.05, 3.63) is 113 Å².